The second-order valence-corrected chi connectivity index (χ2v) is 8.53. The Morgan fingerprint density at radius 2 is 1.48 bits per heavy atom. The maximum absolute atomic E-state index is 13.5. The number of aliphatic carboxylic acids is 1. The van der Waals surface area contributed by atoms with Crippen LogP contribution in [0, 0.1) is 10.8 Å². The van der Waals surface area contributed by atoms with Crippen molar-refractivity contribution >= 4 is 22.6 Å². The highest BCUT2D eigenvalue weighted by Gasteiger charge is 2.56. The van der Waals surface area contributed by atoms with Crippen molar-refractivity contribution in [1.29, 1.82) is 0 Å². The normalized spacial score (nSPS) is 28.1. The summed E-state index contributed by atoms with van der Waals surface area (Å²) in [6.45, 7) is 2.09. The van der Waals surface area contributed by atoms with Crippen LogP contribution in [0.1, 0.15) is 57.1 Å². The average Bonchev–Trinajstić information content (AvgIpc) is 2.73. The highest BCUT2D eigenvalue weighted by molar-refractivity contribution is 5.88. The number of carbonyl (C=O) groups is 2. The number of hydrogen-bond acceptors (Lipinski definition) is 2. The molecule has 0 aromatic heterocycles. The third kappa shape index (κ3) is 2.73. The minimum Gasteiger partial charge on any atom is -0.481 e. The quantitative estimate of drug-likeness (QED) is 0.848. The van der Waals surface area contributed by atoms with Gasteiger partial charge >= 0.3 is 5.97 Å². The smallest absolute Gasteiger partial charge is 0.309 e. The van der Waals surface area contributed by atoms with Crippen molar-refractivity contribution in [2.45, 2.75) is 51.5 Å². The van der Waals surface area contributed by atoms with Gasteiger partial charge in [0.25, 0.3) is 0 Å². The molecule has 4 heteroatoms. The number of fused-ring (bicyclic) bond motifs is 4. The van der Waals surface area contributed by atoms with Gasteiger partial charge in [0.15, 0.2) is 0 Å². The van der Waals surface area contributed by atoms with Crippen molar-refractivity contribution in [3.05, 3.63) is 48.0 Å². The molecular weight excluding hydrogens is 338 g/mol. The van der Waals surface area contributed by atoms with Gasteiger partial charge in [-0.1, -0.05) is 42.5 Å². The molecule has 1 atom stereocenters. The van der Waals surface area contributed by atoms with Crippen molar-refractivity contribution < 1.29 is 14.7 Å². The fourth-order valence-electron chi connectivity index (χ4n) is 5.20. The monoisotopic (exact) mass is 365 g/mol. The summed E-state index contributed by atoms with van der Waals surface area (Å²) in [6, 6.07) is 14.5. The Kier molecular flexibility index (Phi) is 4.25. The highest BCUT2D eigenvalue weighted by Crippen LogP contribution is 2.57. The van der Waals surface area contributed by atoms with E-state index in [2.05, 4.69) is 31.2 Å². The Labute approximate surface area is 160 Å². The highest BCUT2D eigenvalue weighted by atomic mass is 16.4. The summed E-state index contributed by atoms with van der Waals surface area (Å²) in [5.74, 6) is -0.498. The van der Waals surface area contributed by atoms with E-state index >= 15 is 0 Å². The Bertz CT molecular complexity index is 874. The van der Waals surface area contributed by atoms with Crippen molar-refractivity contribution in [3.8, 4) is 0 Å². The lowest BCUT2D eigenvalue weighted by Crippen LogP contribution is -2.53. The maximum atomic E-state index is 13.5. The summed E-state index contributed by atoms with van der Waals surface area (Å²) in [5.41, 5.74) is 0.207. The number of carbonyl (C=O) groups excluding carboxylic acids is 1. The molecule has 3 aliphatic carbocycles. The lowest BCUT2D eigenvalue weighted by atomic mass is 9.53. The van der Waals surface area contributed by atoms with Crippen LogP contribution in [-0.2, 0) is 9.59 Å². The molecular formula is C23H27NO3. The fourth-order valence-corrected chi connectivity index (χ4v) is 5.20. The summed E-state index contributed by atoms with van der Waals surface area (Å²) < 4.78 is 0. The first kappa shape index (κ1) is 18.0. The van der Waals surface area contributed by atoms with Gasteiger partial charge in [-0.3, -0.25) is 9.59 Å². The molecule has 3 aliphatic rings. The van der Waals surface area contributed by atoms with Gasteiger partial charge in [0.2, 0.25) is 5.91 Å². The van der Waals surface area contributed by atoms with Crippen molar-refractivity contribution in [2.24, 2.45) is 10.8 Å². The van der Waals surface area contributed by atoms with Crippen LogP contribution in [0.25, 0.3) is 10.8 Å². The largest absolute Gasteiger partial charge is 0.481 e. The van der Waals surface area contributed by atoms with E-state index in [1.165, 1.54) is 10.8 Å². The van der Waals surface area contributed by atoms with Gasteiger partial charge in [-0.05, 0) is 61.8 Å². The fraction of sp³-hybridized carbons (Fsp3) is 0.478. The molecule has 1 N–H and O–H groups in total. The van der Waals surface area contributed by atoms with Gasteiger partial charge in [0.1, 0.15) is 0 Å². The molecule has 1 unspecified atom stereocenters. The number of hydrogen-bond donors (Lipinski definition) is 1. The summed E-state index contributed by atoms with van der Waals surface area (Å²) >= 11 is 0. The molecule has 5 rings (SSSR count). The van der Waals surface area contributed by atoms with Crippen LogP contribution in [0.4, 0.5) is 0 Å². The molecule has 2 bridgehead atoms. The zero-order chi connectivity index (χ0) is 19.2. The van der Waals surface area contributed by atoms with Crippen molar-refractivity contribution in [2.75, 3.05) is 7.05 Å². The standard InChI is InChI=1S/C23H27NO3/c1-16(18-9-5-7-17-6-3-4-8-19(17)18)24(2)20(25)22-10-13-23(14-11-22,15-12-22)21(26)27/h3-9,16H,10-15H2,1-2H3,(H,26,27). The van der Waals surface area contributed by atoms with Gasteiger partial charge < -0.3 is 10.0 Å². The summed E-state index contributed by atoms with van der Waals surface area (Å²) in [7, 11) is 1.90. The predicted octanol–water partition coefficient (Wildman–Crippen LogP) is 4.78. The molecule has 2 aromatic rings. The predicted molar refractivity (Wildman–Crippen MR) is 105 cm³/mol. The first-order valence-electron chi connectivity index (χ1n) is 9.87. The molecule has 3 fully saturated rings. The van der Waals surface area contributed by atoms with Crippen LogP contribution in [0.2, 0.25) is 0 Å². The second-order valence-electron chi connectivity index (χ2n) is 8.53. The first-order chi connectivity index (χ1) is 12.9. The molecule has 1 amide bonds. The number of amides is 1. The van der Waals surface area contributed by atoms with E-state index < -0.39 is 11.4 Å². The molecule has 2 aromatic carbocycles. The molecule has 0 saturated heterocycles. The van der Waals surface area contributed by atoms with Crippen LogP contribution in [0.15, 0.2) is 42.5 Å². The minimum atomic E-state index is -0.680. The Morgan fingerprint density at radius 1 is 0.926 bits per heavy atom. The number of nitrogens with zero attached hydrogens (tertiary/aromatic N) is 1. The van der Waals surface area contributed by atoms with Gasteiger partial charge in [-0.2, -0.15) is 0 Å². The zero-order valence-corrected chi connectivity index (χ0v) is 16.1. The summed E-state index contributed by atoms with van der Waals surface area (Å²) in [4.78, 5) is 27.0. The lowest BCUT2D eigenvalue weighted by Gasteiger charge is -2.51. The van der Waals surface area contributed by atoms with Crippen LogP contribution in [-0.4, -0.2) is 28.9 Å². The van der Waals surface area contributed by atoms with Crippen molar-refractivity contribution in [1.82, 2.24) is 4.90 Å². The van der Waals surface area contributed by atoms with Gasteiger partial charge in [-0.15, -0.1) is 0 Å². The lowest BCUT2D eigenvalue weighted by molar-refractivity contribution is -0.167. The first-order valence-corrected chi connectivity index (χ1v) is 9.87. The number of carboxylic acids is 1. The molecule has 0 spiro atoms. The molecule has 0 aliphatic heterocycles. The maximum Gasteiger partial charge on any atom is 0.309 e. The third-order valence-corrected chi connectivity index (χ3v) is 7.33. The van der Waals surface area contributed by atoms with Crippen LogP contribution >= 0.6 is 0 Å². The second kappa shape index (κ2) is 6.36. The van der Waals surface area contributed by atoms with E-state index in [4.69, 9.17) is 0 Å². The van der Waals surface area contributed by atoms with Crippen molar-refractivity contribution in [3.63, 3.8) is 0 Å². The SMILES string of the molecule is CC(c1cccc2ccccc12)N(C)C(=O)C12CCC(C(=O)O)(CC1)CC2. The molecule has 3 saturated carbocycles. The summed E-state index contributed by atoms with van der Waals surface area (Å²) in [5, 5.41) is 12.0. The Hall–Kier alpha value is -2.36. The van der Waals surface area contributed by atoms with E-state index in [0.29, 0.717) is 38.5 Å². The zero-order valence-electron chi connectivity index (χ0n) is 16.1. The Balaban J connectivity index is 1.59. The van der Waals surface area contributed by atoms with Gasteiger partial charge in [0.05, 0.1) is 11.5 Å². The number of rotatable bonds is 4. The molecule has 4 nitrogen and oxygen atoms in total. The van der Waals surface area contributed by atoms with Crippen LogP contribution in [0.3, 0.4) is 0 Å². The number of carboxylic acid groups (broad SMARTS) is 1. The average molecular weight is 365 g/mol. The Morgan fingerprint density at radius 3 is 2.11 bits per heavy atom. The molecule has 0 radical (unpaired) electrons. The third-order valence-electron chi connectivity index (χ3n) is 7.33. The summed E-state index contributed by atoms with van der Waals surface area (Å²) in [6.07, 6.45) is 3.99. The topological polar surface area (TPSA) is 57.6 Å². The van der Waals surface area contributed by atoms with Crippen LogP contribution in [0.5, 0.6) is 0 Å². The van der Waals surface area contributed by atoms with Gasteiger partial charge in [-0.25, -0.2) is 0 Å². The molecule has 142 valence electrons. The van der Waals surface area contributed by atoms with E-state index in [9.17, 15) is 14.7 Å². The molecule has 27 heavy (non-hydrogen) atoms. The van der Waals surface area contributed by atoms with Crippen LogP contribution < -0.4 is 0 Å². The van der Waals surface area contributed by atoms with E-state index in [1.54, 1.807) is 0 Å². The van der Waals surface area contributed by atoms with E-state index in [0.717, 1.165) is 5.56 Å². The minimum absolute atomic E-state index is 0.0222. The van der Waals surface area contributed by atoms with E-state index in [1.807, 2.05) is 30.1 Å². The number of benzene rings is 2. The molecule has 0 heterocycles. The van der Waals surface area contributed by atoms with E-state index in [-0.39, 0.29) is 17.4 Å². The van der Waals surface area contributed by atoms with Gasteiger partial charge in [0, 0.05) is 12.5 Å².